The maximum Gasteiger partial charge on any atom is 0.333 e. The molecule has 4 rings (SSSR count). The van der Waals surface area contributed by atoms with Crippen LogP contribution in [-0.4, -0.2) is 19.5 Å². The van der Waals surface area contributed by atoms with Crippen LogP contribution in [0.1, 0.15) is 0 Å². The van der Waals surface area contributed by atoms with Gasteiger partial charge in [0.2, 0.25) is 5.95 Å². The van der Waals surface area contributed by atoms with Gasteiger partial charge in [0.25, 0.3) is 0 Å². The highest BCUT2D eigenvalue weighted by atomic mass is 35.5. The van der Waals surface area contributed by atoms with Gasteiger partial charge in [0.05, 0.1) is 32.1 Å². The minimum atomic E-state index is -0.257. The van der Waals surface area contributed by atoms with Crippen molar-refractivity contribution in [2.45, 2.75) is 0 Å². The molecule has 0 saturated heterocycles. The van der Waals surface area contributed by atoms with Crippen LogP contribution in [0.4, 0.5) is 0 Å². The van der Waals surface area contributed by atoms with Crippen molar-refractivity contribution in [3.05, 3.63) is 56.9 Å². The maximum absolute atomic E-state index is 12.1. The molecule has 2 N–H and O–H groups in total. The Morgan fingerprint density at radius 3 is 2.62 bits per heavy atom. The molecular weight excluding hydrogens is 311 g/mol. The van der Waals surface area contributed by atoms with Crippen molar-refractivity contribution < 1.29 is 0 Å². The summed E-state index contributed by atoms with van der Waals surface area (Å²) in [6.07, 6.45) is 0. The Hall–Kier alpha value is -2.24. The van der Waals surface area contributed by atoms with Gasteiger partial charge in [-0.1, -0.05) is 35.3 Å². The molecule has 7 heteroatoms. The quantitative estimate of drug-likeness (QED) is 0.564. The fourth-order valence-electron chi connectivity index (χ4n) is 2.36. The summed E-state index contributed by atoms with van der Waals surface area (Å²) in [5.74, 6) is 0.422. The monoisotopic (exact) mass is 318 g/mol. The number of hydrogen-bond acceptors (Lipinski definition) is 2. The van der Waals surface area contributed by atoms with E-state index in [1.807, 2.05) is 24.3 Å². The molecule has 0 bridgehead atoms. The number of aromatic nitrogens is 4. The molecule has 0 atom stereocenters. The number of H-pyrrole nitrogens is 2. The van der Waals surface area contributed by atoms with Gasteiger partial charge in [0, 0.05) is 0 Å². The minimum Gasteiger partial charge on any atom is -0.323 e. The number of nitrogens with one attached hydrogen (secondary N) is 2. The first kappa shape index (κ1) is 12.5. The number of halogens is 2. The van der Waals surface area contributed by atoms with E-state index in [4.69, 9.17) is 23.2 Å². The summed E-state index contributed by atoms with van der Waals surface area (Å²) in [5.41, 5.74) is 2.61. The van der Waals surface area contributed by atoms with E-state index < -0.39 is 0 Å². The van der Waals surface area contributed by atoms with E-state index in [-0.39, 0.29) is 5.69 Å². The fourth-order valence-corrected chi connectivity index (χ4v) is 2.68. The van der Waals surface area contributed by atoms with Gasteiger partial charge in [-0.15, -0.1) is 0 Å². The van der Waals surface area contributed by atoms with E-state index in [1.54, 1.807) is 12.1 Å². The number of rotatable bonds is 1. The van der Waals surface area contributed by atoms with Gasteiger partial charge in [-0.3, -0.25) is 0 Å². The summed E-state index contributed by atoms with van der Waals surface area (Å²) >= 11 is 12.0. The van der Waals surface area contributed by atoms with Crippen molar-refractivity contribution in [2.75, 3.05) is 0 Å². The molecule has 0 saturated carbocycles. The normalized spacial score (nSPS) is 11.5. The molecule has 5 nitrogen and oxygen atoms in total. The van der Waals surface area contributed by atoms with Crippen LogP contribution in [0.5, 0.6) is 0 Å². The van der Waals surface area contributed by atoms with Crippen LogP contribution < -0.4 is 5.69 Å². The Balaban J connectivity index is 2.04. The topological polar surface area (TPSA) is 66.5 Å². The van der Waals surface area contributed by atoms with Crippen LogP contribution in [0.2, 0.25) is 10.0 Å². The Morgan fingerprint density at radius 2 is 1.76 bits per heavy atom. The van der Waals surface area contributed by atoms with E-state index in [9.17, 15) is 4.79 Å². The lowest BCUT2D eigenvalue weighted by molar-refractivity contribution is 0.944. The average molecular weight is 319 g/mol. The van der Waals surface area contributed by atoms with Crippen molar-refractivity contribution in [1.29, 1.82) is 0 Å². The highest BCUT2D eigenvalue weighted by Crippen LogP contribution is 2.27. The van der Waals surface area contributed by atoms with Crippen LogP contribution in [0.15, 0.2) is 41.2 Å². The molecule has 0 radical (unpaired) electrons. The van der Waals surface area contributed by atoms with Gasteiger partial charge in [0.15, 0.2) is 0 Å². The SMILES string of the molecule is O=c1[nH]c2ccccc2n1-c1nc2cc(Cl)c(Cl)cc2[nH]1. The zero-order chi connectivity index (χ0) is 14.6. The third-order valence-electron chi connectivity index (χ3n) is 3.31. The summed E-state index contributed by atoms with van der Waals surface area (Å²) in [6.45, 7) is 0. The minimum absolute atomic E-state index is 0.257. The van der Waals surface area contributed by atoms with Crippen molar-refractivity contribution in [3.8, 4) is 5.95 Å². The smallest absolute Gasteiger partial charge is 0.323 e. The predicted molar refractivity (Wildman–Crippen MR) is 83.6 cm³/mol. The molecule has 4 aromatic rings. The number of hydrogen-bond donors (Lipinski definition) is 2. The van der Waals surface area contributed by atoms with Crippen LogP contribution in [-0.2, 0) is 0 Å². The molecule has 0 aliphatic heterocycles. The molecule has 2 aromatic carbocycles. The zero-order valence-corrected chi connectivity index (χ0v) is 12.0. The summed E-state index contributed by atoms with van der Waals surface area (Å²) in [5, 5.41) is 0.860. The van der Waals surface area contributed by atoms with Crippen LogP contribution in [0.25, 0.3) is 28.0 Å². The lowest BCUT2D eigenvalue weighted by Gasteiger charge is -1.96. The Morgan fingerprint density at radius 1 is 1.00 bits per heavy atom. The van der Waals surface area contributed by atoms with E-state index in [0.717, 1.165) is 16.6 Å². The standard InChI is InChI=1S/C14H8Cl2N4O/c15-7-5-10-11(6-8(7)16)18-13(17-10)20-12-4-2-1-3-9(12)19-14(20)21/h1-6H,(H,17,18)(H,19,21). The van der Waals surface area contributed by atoms with E-state index in [2.05, 4.69) is 15.0 Å². The average Bonchev–Trinajstić information content (AvgIpc) is 2.98. The van der Waals surface area contributed by atoms with Gasteiger partial charge in [-0.25, -0.2) is 14.3 Å². The fraction of sp³-hybridized carbons (Fsp3) is 0. The van der Waals surface area contributed by atoms with Crippen molar-refractivity contribution in [2.24, 2.45) is 0 Å². The molecule has 0 amide bonds. The van der Waals surface area contributed by atoms with Crippen LogP contribution in [0, 0.1) is 0 Å². The second-order valence-electron chi connectivity index (χ2n) is 4.63. The summed E-state index contributed by atoms with van der Waals surface area (Å²) < 4.78 is 1.48. The van der Waals surface area contributed by atoms with Crippen LogP contribution in [0.3, 0.4) is 0 Å². The third-order valence-corrected chi connectivity index (χ3v) is 4.04. The second kappa shape index (κ2) is 4.38. The number of nitrogens with zero attached hydrogens (tertiary/aromatic N) is 2. The van der Waals surface area contributed by atoms with Gasteiger partial charge < -0.3 is 9.97 Å². The maximum atomic E-state index is 12.1. The first-order chi connectivity index (χ1) is 10.1. The molecule has 2 heterocycles. The zero-order valence-electron chi connectivity index (χ0n) is 10.5. The van der Waals surface area contributed by atoms with Gasteiger partial charge >= 0.3 is 5.69 Å². The van der Waals surface area contributed by atoms with Crippen molar-refractivity contribution >= 4 is 45.3 Å². The molecule has 0 fully saturated rings. The molecule has 2 aromatic heterocycles. The molecule has 0 aliphatic carbocycles. The first-order valence-corrected chi connectivity index (χ1v) is 6.94. The Bertz CT molecular complexity index is 1010. The predicted octanol–water partition coefficient (Wildman–Crippen LogP) is 3.50. The largest absolute Gasteiger partial charge is 0.333 e. The van der Waals surface area contributed by atoms with Gasteiger partial charge in [-0.2, -0.15) is 0 Å². The third kappa shape index (κ3) is 1.86. The lowest BCUT2D eigenvalue weighted by atomic mass is 10.3. The second-order valence-corrected chi connectivity index (χ2v) is 5.44. The number of aromatic amines is 2. The van der Waals surface area contributed by atoms with Crippen molar-refractivity contribution in [1.82, 2.24) is 19.5 Å². The Labute approximate surface area is 128 Å². The lowest BCUT2D eigenvalue weighted by Crippen LogP contribution is -2.15. The number of para-hydroxylation sites is 2. The number of fused-ring (bicyclic) bond motifs is 2. The van der Waals surface area contributed by atoms with Gasteiger partial charge in [-0.05, 0) is 24.3 Å². The van der Waals surface area contributed by atoms with E-state index in [0.29, 0.717) is 21.5 Å². The number of imidazole rings is 2. The molecule has 0 spiro atoms. The summed E-state index contributed by atoms with van der Waals surface area (Å²) in [7, 11) is 0. The summed E-state index contributed by atoms with van der Waals surface area (Å²) in [4.78, 5) is 22.4. The van der Waals surface area contributed by atoms with Gasteiger partial charge in [0.1, 0.15) is 0 Å². The molecule has 21 heavy (non-hydrogen) atoms. The van der Waals surface area contributed by atoms with E-state index in [1.165, 1.54) is 4.57 Å². The van der Waals surface area contributed by atoms with E-state index >= 15 is 0 Å². The molecule has 104 valence electrons. The van der Waals surface area contributed by atoms with Crippen molar-refractivity contribution in [3.63, 3.8) is 0 Å². The highest BCUT2D eigenvalue weighted by molar-refractivity contribution is 6.42. The number of benzene rings is 2. The molecule has 0 unspecified atom stereocenters. The first-order valence-electron chi connectivity index (χ1n) is 6.18. The molecular formula is C14H8Cl2N4O. The summed E-state index contributed by atoms with van der Waals surface area (Å²) in [6, 6.07) is 10.8. The Kier molecular flexibility index (Phi) is 2.60. The highest BCUT2D eigenvalue weighted by Gasteiger charge is 2.13. The molecule has 0 aliphatic rings. The van der Waals surface area contributed by atoms with Crippen LogP contribution >= 0.6 is 23.2 Å².